The highest BCUT2D eigenvalue weighted by atomic mass is 32.2. The molecule has 0 atom stereocenters. The van der Waals surface area contributed by atoms with Crippen molar-refractivity contribution in [3.05, 3.63) is 45.7 Å². The van der Waals surface area contributed by atoms with Crippen LogP contribution >= 0.6 is 23.1 Å². The number of carbonyl (C=O) groups is 1. The number of nitrogens with one attached hydrogen (secondary N) is 1. The zero-order valence-electron chi connectivity index (χ0n) is 15.0. The molecule has 5 nitrogen and oxygen atoms in total. The highest BCUT2D eigenvalue weighted by Crippen LogP contribution is 2.32. The van der Waals surface area contributed by atoms with Crippen molar-refractivity contribution in [2.45, 2.75) is 25.4 Å². The van der Waals surface area contributed by atoms with E-state index in [9.17, 15) is 13.6 Å². The van der Waals surface area contributed by atoms with Crippen LogP contribution in [0.15, 0.2) is 28.7 Å². The van der Waals surface area contributed by atoms with Crippen molar-refractivity contribution in [3.8, 4) is 11.4 Å². The minimum absolute atomic E-state index is 0.0338. The average molecular weight is 408 g/mol. The largest absolute Gasteiger partial charge is 0.323 e. The summed E-state index contributed by atoms with van der Waals surface area (Å²) in [5, 5.41) is 13.5. The quantitative estimate of drug-likeness (QED) is 0.613. The van der Waals surface area contributed by atoms with E-state index in [0.717, 1.165) is 29.9 Å². The lowest BCUT2D eigenvalue weighted by molar-refractivity contribution is -0.113. The molecule has 9 heteroatoms. The van der Waals surface area contributed by atoms with Crippen LogP contribution in [0.3, 0.4) is 0 Å². The van der Waals surface area contributed by atoms with E-state index in [2.05, 4.69) is 34.7 Å². The van der Waals surface area contributed by atoms with Crippen LogP contribution in [0.1, 0.15) is 17.4 Å². The molecular weight excluding hydrogens is 390 g/mol. The maximum atomic E-state index is 13.6. The summed E-state index contributed by atoms with van der Waals surface area (Å²) < 4.78 is 28.4. The molecule has 142 valence electrons. The lowest BCUT2D eigenvalue weighted by Crippen LogP contribution is -2.15. The van der Waals surface area contributed by atoms with E-state index in [-0.39, 0.29) is 11.4 Å². The Labute approximate surface area is 163 Å². The SMILES string of the molecule is CCc1c(-c2nnc(SCC(=O)Nc3ccc(F)cc3F)n2C)csc1C. The van der Waals surface area contributed by atoms with Gasteiger partial charge >= 0.3 is 0 Å². The maximum Gasteiger partial charge on any atom is 0.234 e. The Kier molecular flexibility index (Phi) is 5.91. The van der Waals surface area contributed by atoms with Crippen molar-refractivity contribution >= 4 is 34.7 Å². The van der Waals surface area contributed by atoms with Crippen molar-refractivity contribution in [1.82, 2.24) is 14.8 Å². The second-order valence-corrected chi connectivity index (χ2v) is 7.89. The Hall–Kier alpha value is -2.26. The molecule has 0 aliphatic carbocycles. The van der Waals surface area contributed by atoms with Crippen LogP contribution in [0.5, 0.6) is 0 Å². The summed E-state index contributed by atoms with van der Waals surface area (Å²) >= 11 is 2.88. The van der Waals surface area contributed by atoms with Crippen LogP contribution < -0.4 is 5.32 Å². The summed E-state index contributed by atoms with van der Waals surface area (Å²) in [6, 6.07) is 3.01. The third-order valence-electron chi connectivity index (χ3n) is 4.07. The van der Waals surface area contributed by atoms with E-state index in [4.69, 9.17) is 0 Å². The van der Waals surface area contributed by atoms with Gasteiger partial charge < -0.3 is 9.88 Å². The Morgan fingerprint density at radius 2 is 2.11 bits per heavy atom. The molecule has 0 radical (unpaired) electrons. The fraction of sp³-hybridized carbons (Fsp3) is 0.278. The molecule has 0 spiro atoms. The van der Waals surface area contributed by atoms with Gasteiger partial charge in [0.2, 0.25) is 5.91 Å². The number of halogens is 2. The molecule has 1 N–H and O–H groups in total. The van der Waals surface area contributed by atoms with E-state index in [1.54, 1.807) is 11.3 Å². The number of carbonyl (C=O) groups excluding carboxylic acids is 1. The average Bonchev–Trinajstić information content (AvgIpc) is 3.17. The molecule has 0 aliphatic rings. The zero-order valence-corrected chi connectivity index (χ0v) is 16.7. The van der Waals surface area contributed by atoms with Gasteiger partial charge in [0.15, 0.2) is 11.0 Å². The summed E-state index contributed by atoms with van der Waals surface area (Å²) in [5.74, 6) is -1.12. The van der Waals surface area contributed by atoms with Crippen molar-refractivity contribution in [2.75, 3.05) is 11.1 Å². The molecule has 2 heterocycles. The predicted octanol–water partition coefficient (Wildman–Crippen LogP) is 4.42. The van der Waals surface area contributed by atoms with Gasteiger partial charge in [-0.25, -0.2) is 8.78 Å². The van der Waals surface area contributed by atoms with Gasteiger partial charge in [-0.15, -0.1) is 21.5 Å². The maximum absolute atomic E-state index is 13.6. The number of nitrogens with zero attached hydrogens (tertiary/aromatic N) is 3. The standard InChI is InChI=1S/C18H18F2N4OS2/c1-4-12-10(2)26-8-13(12)17-22-23-18(24(17)3)27-9-16(25)21-15-6-5-11(19)7-14(15)20/h5-8H,4,9H2,1-3H3,(H,21,25). The fourth-order valence-electron chi connectivity index (χ4n) is 2.69. The Balaban J connectivity index is 1.68. The number of hydrogen-bond acceptors (Lipinski definition) is 5. The summed E-state index contributed by atoms with van der Waals surface area (Å²) in [5.41, 5.74) is 2.25. The normalized spacial score (nSPS) is 11.0. The number of hydrogen-bond donors (Lipinski definition) is 1. The Morgan fingerprint density at radius 1 is 1.33 bits per heavy atom. The van der Waals surface area contributed by atoms with Crippen molar-refractivity contribution in [2.24, 2.45) is 7.05 Å². The molecule has 0 aliphatic heterocycles. The third kappa shape index (κ3) is 4.19. The minimum Gasteiger partial charge on any atom is -0.323 e. The smallest absolute Gasteiger partial charge is 0.234 e. The van der Waals surface area contributed by atoms with Crippen LogP contribution in [0.2, 0.25) is 0 Å². The van der Waals surface area contributed by atoms with E-state index < -0.39 is 17.5 Å². The molecule has 27 heavy (non-hydrogen) atoms. The van der Waals surface area contributed by atoms with E-state index >= 15 is 0 Å². The number of amides is 1. The van der Waals surface area contributed by atoms with Crippen LogP contribution in [0.25, 0.3) is 11.4 Å². The molecule has 1 aromatic carbocycles. The van der Waals surface area contributed by atoms with Gasteiger partial charge in [0, 0.05) is 28.9 Å². The van der Waals surface area contributed by atoms with E-state index in [1.807, 2.05) is 11.6 Å². The fourth-order valence-corrected chi connectivity index (χ4v) is 4.34. The molecule has 3 aromatic rings. The number of aromatic nitrogens is 3. The second-order valence-electron chi connectivity index (χ2n) is 5.86. The number of benzene rings is 1. The number of aryl methyl sites for hydroxylation is 1. The van der Waals surface area contributed by atoms with Crippen LogP contribution in [0.4, 0.5) is 14.5 Å². The molecule has 0 saturated heterocycles. The van der Waals surface area contributed by atoms with Crippen molar-refractivity contribution < 1.29 is 13.6 Å². The number of rotatable bonds is 6. The predicted molar refractivity (Wildman–Crippen MR) is 104 cm³/mol. The van der Waals surface area contributed by atoms with Crippen LogP contribution in [0, 0.1) is 18.6 Å². The first-order valence-electron chi connectivity index (χ1n) is 8.25. The van der Waals surface area contributed by atoms with E-state index in [1.165, 1.54) is 28.3 Å². The molecule has 0 fully saturated rings. The zero-order chi connectivity index (χ0) is 19.6. The molecule has 2 aromatic heterocycles. The first kappa shape index (κ1) is 19.5. The lowest BCUT2D eigenvalue weighted by Gasteiger charge is -2.07. The van der Waals surface area contributed by atoms with Gasteiger partial charge in [-0.3, -0.25) is 4.79 Å². The van der Waals surface area contributed by atoms with Gasteiger partial charge in [-0.1, -0.05) is 18.7 Å². The molecular formula is C18H18F2N4OS2. The van der Waals surface area contributed by atoms with E-state index in [0.29, 0.717) is 5.16 Å². The lowest BCUT2D eigenvalue weighted by atomic mass is 10.1. The van der Waals surface area contributed by atoms with Gasteiger partial charge in [-0.2, -0.15) is 0 Å². The Morgan fingerprint density at radius 3 is 2.81 bits per heavy atom. The van der Waals surface area contributed by atoms with Crippen LogP contribution in [-0.4, -0.2) is 26.4 Å². The topological polar surface area (TPSA) is 59.8 Å². The first-order valence-corrected chi connectivity index (χ1v) is 10.1. The molecule has 1 amide bonds. The Bertz CT molecular complexity index is 984. The number of thiophene rings is 1. The van der Waals surface area contributed by atoms with Gasteiger partial charge in [-0.05, 0) is 31.0 Å². The van der Waals surface area contributed by atoms with Gasteiger partial charge in [0.05, 0.1) is 11.4 Å². The third-order valence-corrected chi connectivity index (χ3v) is 6.04. The van der Waals surface area contributed by atoms with Gasteiger partial charge in [0.25, 0.3) is 0 Å². The van der Waals surface area contributed by atoms with Crippen molar-refractivity contribution in [1.29, 1.82) is 0 Å². The monoisotopic (exact) mass is 408 g/mol. The highest BCUT2D eigenvalue weighted by Gasteiger charge is 2.17. The van der Waals surface area contributed by atoms with Crippen LogP contribution in [-0.2, 0) is 18.3 Å². The molecule has 0 unspecified atom stereocenters. The summed E-state index contributed by atoms with van der Waals surface area (Å²) in [6.45, 7) is 4.18. The molecule has 0 saturated carbocycles. The highest BCUT2D eigenvalue weighted by molar-refractivity contribution is 7.99. The second kappa shape index (κ2) is 8.18. The van der Waals surface area contributed by atoms with Crippen molar-refractivity contribution in [3.63, 3.8) is 0 Å². The summed E-state index contributed by atoms with van der Waals surface area (Å²) in [4.78, 5) is 13.3. The first-order chi connectivity index (χ1) is 12.9. The minimum atomic E-state index is -0.811. The number of thioether (sulfide) groups is 1. The summed E-state index contributed by atoms with van der Waals surface area (Å²) in [6.07, 6.45) is 0.908. The molecule has 0 bridgehead atoms. The number of anilines is 1. The molecule has 3 rings (SSSR count). The van der Waals surface area contributed by atoms with Gasteiger partial charge in [0.1, 0.15) is 11.6 Å². The summed E-state index contributed by atoms with van der Waals surface area (Å²) in [7, 11) is 1.85.